The van der Waals surface area contributed by atoms with Crippen molar-refractivity contribution in [3.05, 3.63) is 23.3 Å². The maximum Gasteiger partial charge on any atom is 0.236 e. The molecule has 0 saturated carbocycles. The average Bonchev–Trinajstić information content (AvgIpc) is 2.54. The van der Waals surface area contributed by atoms with Gasteiger partial charge in [0.1, 0.15) is 5.75 Å². The Kier molecular flexibility index (Phi) is 3.01. The maximum atomic E-state index is 11.3. The summed E-state index contributed by atoms with van der Waals surface area (Å²) in [5.74, 6) is 0.0275. The Morgan fingerprint density at radius 1 is 1.47 bits per heavy atom. The number of nitrogens with one attached hydrogen (secondary N) is 1. The number of carbonyl (C=O) groups is 1. The second-order valence-electron chi connectivity index (χ2n) is 3.74. The summed E-state index contributed by atoms with van der Waals surface area (Å²) < 4.78 is 27.1. The molecule has 17 heavy (non-hydrogen) atoms. The molecule has 1 aromatic carbocycles. The highest BCUT2D eigenvalue weighted by molar-refractivity contribution is 8.13. The Balaban J connectivity index is 2.45. The number of hydrogen-bond donors (Lipinski definition) is 1. The molecule has 92 valence electrons. The number of fused-ring (bicyclic) bond motifs is 1. The zero-order valence-corrected chi connectivity index (χ0v) is 10.6. The van der Waals surface area contributed by atoms with Gasteiger partial charge in [-0.2, -0.15) is 0 Å². The molecule has 0 unspecified atom stereocenters. The van der Waals surface area contributed by atoms with Gasteiger partial charge in [-0.25, -0.2) is 8.42 Å². The SMILES string of the molecule is COc1cc(CS(=O)(=O)Cl)cc2c1NC(=O)C2. The molecule has 2 rings (SSSR count). The van der Waals surface area contributed by atoms with Crippen molar-refractivity contribution >= 4 is 31.3 Å². The van der Waals surface area contributed by atoms with Gasteiger partial charge >= 0.3 is 0 Å². The topological polar surface area (TPSA) is 72.5 Å². The fourth-order valence-corrected chi connectivity index (χ4v) is 2.76. The Hall–Kier alpha value is -1.27. The summed E-state index contributed by atoms with van der Waals surface area (Å²) >= 11 is 0. The third-order valence-corrected chi connectivity index (χ3v) is 3.42. The van der Waals surface area contributed by atoms with Crippen LogP contribution in [0.25, 0.3) is 0 Å². The number of carbonyl (C=O) groups excluding carboxylic acids is 1. The van der Waals surface area contributed by atoms with E-state index >= 15 is 0 Å². The summed E-state index contributed by atoms with van der Waals surface area (Å²) in [6.07, 6.45) is 0.224. The summed E-state index contributed by atoms with van der Waals surface area (Å²) in [6.45, 7) is 0. The number of methoxy groups -OCH3 is 1. The van der Waals surface area contributed by atoms with Crippen LogP contribution in [0.2, 0.25) is 0 Å². The summed E-state index contributed by atoms with van der Waals surface area (Å²) in [7, 11) is 3.03. The highest BCUT2D eigenvalue weighted by atomic mass is 35.7. The van der Waals surface area contributed by atoms with Crippen LogP contribution in [0.5, 0.6) is 5.75 Å². The van der Waals surface area contributed by atoms with Crippen molar-refractivity contribution in [3.63, 3.8) is 0 Å². The van der Waals surface area contributed by atoms with Crippen molar-refractivity contribution in [3.8, 4) is 5.75 Å². The molecule has 7 heteroatoms. The molecule has 0 bridgehead atoms. The van der Waals surface area contributed by atoms with E-state index in [0.29, 0.717) is 17.0 Å². The van der Waals surface area contributed by atoms with Gasteiger partial charge in [0.25, 0.3) is 0 Å². The predicted octanol–water partition coefficient (Wildman–Crippen LogP) is 1.26. The first-order chi connectivity index (χ1) is 7.89. The molecule has 1 aromatic rings. The minimum absolute atomic E-state index is 0.135. The van der Waals surface area contributed by atoms with E-state index in [4.69, 9.17) is 15.4 Å². The standard InChI is InChI=1S/C10H10ClNO4S/c1-16-8-3-6(5-17(11,14)15)2-7-4-9(13)12-10(7)8/h2-3H,4-5H2,1H3,(H,12,13). The van der Waals surface area contributed by atoms with Crippen molar-refractivity contribution < 1.29 is 17.9 Å². The van der Waals surface area contributed by atoms with Crippen LogP contribution in [0.4, 0.5) is 5.69 Å². The van der Waals surface area contributed by atoms with Gasteiger partial charge in [0.15, 0.2) is 0 Å². The molecular formula is C10H10ClNO4S. The van der Waals surface area contributed by atoms with E-state index < -0.39 is 9.05 Å². The lowest BCUT2D eigenvalue weighted by atomic mass is 10.1. The van der Waals surface area contributed by atoms with E-state index in [1.165, 1.54) is 7.11 Å². The van der Waals surface area contributed by atoms with E-state index in [9.17, 15) is 13.2 Å². The van der Waals surface area contributed by atoms with E-state index in [2.05, 4.69) is 5.32 Å². The number of rotatable bonds is 3. The normalized spacial score (nSPS) is 14.4. The van der Waals surface area contributed by atoms with E-state index in [0.717, 1.165) is 5.56 Å². The molecule has 0 aromatic heterocycles. The van der Waals surface area contributed by atoms with E-state index in [-0.39, 0.29) is 18.1 Å². The van der Waals surface area contributed by atoms with Crippen LogP contribution >= 0.6 is 10.7 Å². The molecule has 0 fully saturated rings. The number of halogens is 1. The van der Waals surface area contributed by atoms with E-state index in [1.807, 2.05) is 0 Å². The van der Waals surface area contributed by atoms with Crippen molar-refractivity contribution in [1.29, 1.82) is 0 Å². The van der Waals surface area contributed by atoms with Gasteiger partial charge in [0.2, 0.25) is 15.0 Å². The van der Waals surface area contributed by atoms with E-state index in [1.54, 1.807) is 12.1 Å². The zero-order valence-electron chi connectivity index (χ0n) is 8.99. The first-order valence-electron chi connectivity index (χ1n) is 4.81. The third-order valence-electron chi connectivity index (χ3n) is 2.42. The highest BCUT2D eigenvalue weighted by Gasteiger charge is 2.23. The molecule has 0 aliphatic carbocycles. The minimum Gasteiger partial charge on any atom is -0.495 e. The van der Waals surface area contributed by atoms with Gasteiger partial charge in [-0.15, -0.1) is 0 Å². The fourth-order valence-electron chi connectivity index (χ4n) is 1.82. The quantitative estimate of drug-likeness (QED) is 0.843. The summed E-state index contributed by atoms with van der Waals surface area (Å²) in [5.41, 5.74) is 1.84. The van der Waals surface area contributed by atoms with Crippen LogP contribution in [-0.2, 0) is 26.0 Å². The Morgan fingerprint density at radius 2 is 2.18 bits per heavy atom. The first kappa shape index (κ1) is 12.2. The number of hydrogen-bond acceptors (Lipinski definition) is 4. The van der Waals surface area contributed by atoms with Crippen molar-refractivity contribution in [2.24, 2.45) is 0 Å². The van der Waals surface area contributed by atoms with Gasteiger partial charge in [0.05, 0.1) is 25.0 Å². The molecule has 0 radical (unpaired) electrons. The van der Waals surface area contributed by atoms with Crippen LogP contribution in [0.1, 0.15) is 11.1 Å². The third kappa shape index (κ3) is 2.70. The summed E-state index contributed by atoms with van der Waals surface area (Å²) in [5, 5.41) is 2.66. The van der Waals surface area contributed by atoms with Gasteiger partial charge in [-0.1, -0.05) is 6.07 Å². The van der Waals surface area contributed by atoms with Crippen molar-refractivity contribution in [2.75, 3.05) is 12.4 Å². The van der Waals surface area contributed by atoms with Gasteiger partial charge in [-0.3, -0.25) is 4.79 Å². The molecular weight excluding hydrogens is 266 g/mol. The Labute approximate surface area is 103 Å². The molecule has 1 heterocycles. The van der Waals surface area contributed by atoms with Crippen LogP contribution in [0, 0.1) is 0 Å². The molecule has 1 amide bonds. The van der Waals surface area contributed by atoms with Crippen LogP contribution in [0.15, 0.2) is 12.1 Å². The van der Waals surface area contributed by atoms with Gasteiger partial charge < -0.3 is 10.1 Å². The molecule has 1 aliphatic heterocycles. The van der Waals surface area contributed by atoms with Crippen LogP contribution in [0.3, 0.4) is 0 Å². The molecule has 0 saturated heterocycles. The zero-order chi connectivity index (χ0) is 12.6. The van der Waals surface area contributed by atoms with Crippen molar-refractivity contribution in [2.45, 2.75) is 12.2 Å². The second-order valence-corrected chi connectivity index (χ2v) is 6.52. The molecule has 1 N–H and O–H groups in total. The lowest BCUT2D eigenvalue weighted by Gasteiger charge is -2.09. The number of anilines is 1. The smallest absolute Gasteiger partial charge is 0.236 e. The number of ether oxygens (including phenoxy) is 1. The second kappa shape index (κ2) is 4.19. The Bertz CT molecular complexity index is 582. The maximum absolute atomic E-state index is 11.3. The average molecular weight is 276 g/mol. The number of amides is 1. The van der Waals surface area contributed by atoms with Crippen LogP contribution in [-0.4, -0.2) is 21.4 Å². The first-order valence-corrected chi connectivity index (χ1v) is 7.29. The molecule has 0 spiro atoms. The van der Waals surface area contributed by atoms with Gasteiger partial charge in [-0.05, 0) is 17.2 Å². The minimum atomic E-state index is -3.62. The number of benzene rings is 1. The lowest BCUT2D eigenvalue weighted by Crippen LogP contribution is -2.04. The fraction of sp³-hybridized carbons (Fsp3) is 0.300. The largest absolute Gasteiger partial charge is 0.495 e. The monoisotopic (exact) mass is 275 g/mol. The lowest BCUT2D eigenvalue weighted by molar-refractivity contribution is -0.115. The van der Waals surface area contributed by atoms with Crippen LogP contribution < -0.4 is 10.1 Å². The summed E-state index contributed by atoms with van der Waals surface area (Å²) in [4.78, 5) is 11.3. The molecule has 0 atom stereocenters. The van der Waals surface area contributed by atoms with Gasteiger partial charge in [0, 0.05) is 10.7 Å². The highest BCUT2D eigenvalue weighted by Crippen LogP contribution is 2.35. The molecule has 1 aliphatic rings. The molecule has 5 nitrogen and oxygen atoms in total. The van der Waals surface area contributed by atoms with Crippen molar-refractivity contribution in [1.82, 2.24) is 0 Å². The predicted molar refractivity (Wildman–Crippen MR) is 63.8 cm³/mol. The Morgan fingerprint density at radius 3 is 2.76 bits per heavy atom. The summed E-state index contributed by atoms with van der Waals surface area (Å²) in [6, 6.07) is 3.21.